The minimum atomic E-state index is -5.02. The topological polar surface area (TPSA) is 147 Å². The first kappa shape index (κ1) is 36.2. The number of nitrogens with one attached hydrogen (secondary N) is 4. The number of halogens is 10. The van der Waals surface area contributed by atoms with E-state index in [1.54, 1.807) is 0 Å². The van der Waals surface area contributed by atoms with Crippen LogP contribution in [0.15, 0.2) is 18.2 Å². The molecule has 47 heavy (non-hydrogen) atoms. The van der Waals surface area contributed by atoms with Crippen LogP contribution in [0.1, 0.15) is 48.5 Å². The second-order valence-electron chi connectivity index (χ2n) is 11.0. The molecule has 0 bridgehead atoms. The number of pyridine rings is 1. The molecule has 1 aliphatic carbocycles. The van der Waals surface area contributed by atoms with Gasteiger partial charge < -0.3 is 31.4 Å². The standard InChI is InChI=1S/C27H27Cl2F8N7O3/c1-25(38,27(35,36)37)23(46)39-9-11-2-7-15(28)19(18(11)29)42-24-41-16-8-14(22(43-20(16)44-24)47-10-17(30)31)21(45)40-13-5-3-12(4-6-13)26(32,33)34/h2,7-8,12-13,17H,3-6,9-10,38H2,1H3,(H,39,46)(H,40,45)(H2,41,42,43,44). The molecule has 3 aromatic rings. The summed E-state index contributed by atoms with van der Waals surface area (Å²) in [5, 5.41) is 7.36. The number of nitrogens with zero attached hydrogens (tertiary/aromatic N) is 2. The summed E-state index contributed by atoms with van der Waals surface area (Å²) in [6, 6.07) is 3.29. The molecule has 2 amide bonds. The number of imidazole rings is 1. The highest BCUT2D eigenvalue weighted by Crippen LogP contribution is 2.38. The zero-order chi connectivity index (χ0) is 34.9. The lowest BCUT2D eigenvalue weighted by Crippen LogP contribution is -2.61. The van der Waals surface area contributed by atoms with E-state index in [4.69, 9.17) is 33.7 Å². The molecule has 1 aliphatic rings. The lowest BCUT2D eigenvalue weighted by molar-refractivity contribution is -0.187. The van der Waals surface area contributed by atoms with E-state index in [-0.39, 0.29) is 69.7 Å². The van der Waals surface area contributed by atoms with Crippen molar-refractivity contribution < 1.29 is 49.4 Å². The number of alkyl halides is 8. The van der Waals surface area contributed by atoms with Crippen molar-refractivity contribution >= 4 is 57.8 Å². The maximum absolute atomic E-state index is 13.1. The van der Waals surface area contributed by atoms with Gasteiger partial charge in [-0.15, -0.1) is 0 Å². The summed E-state index contributed by atoms with van der Waals surface area (Å²) in [4.78, 5) is 36.3. The molecular weight excluding hydrogens is 693 g/mol. The van der Waals surface area contributed by atoms with Crippen LogP contribution in [-0.4, -0.2) is 63.7 Å². The van der Waals surface area contributed by atoms with E-state index in [1.807, 2.05) is 0 Å². The first-order chi connectivity index (χ1) is 21.8. The second-order valence-corrected chi connectivity index (χ2v) is 11.8. The summed E-state index contributed by atoms with van der Waals surface area (Å²) >= 11 is 12.7. The van der Waals surface area contributed by atoms with Gasteiger partial charge in [-0.25, -0.2) is 8.78 Å². The van der Waals surface area contributed by atoms with Crippen LogP contribution in [0.3, 0.4) is 0 Å². The van der Waals surface area contributed by atoms with Crippen molar-refractivity contribution in [3.63, 3.8) is 0 Å². The molecule has 4 rings (SSSR count). The summed E-state index contributed by atoms with van der Waals surface area (Å²) in [6.45, 7) is -1.07. The van der Waals surface area contributed by atoms with E-state index in [0.29, 0.717) is 6.92 Å². The number of aromatic amines is 1. The van der Waals surface area contributed by atoms with Gasteiger partial charge in [-0.05, 0) is 50.3 Å². The van der Waals surface area contributed by atoms with E-state index < -0.39 is 67.1 Å². The summed E-state index contributed by atoms with van der Waals surface area (Å²) in [7, 11) is 0. The number of carbonyl (C=O) groups is 2. The Bertz CT molecular complexity index is 1620. The highest BCUT2D eigenvalue weighted by molar-refractivity contribution is 6.39. The first-order valence-electron chi connectivity index (χ1n) is 13.8. The van der Waals surface area contributed by atoms with E-state index in [1.165, 1.54) is 18.2 Å². The van der Waals surface area contributed by atoms with Crippen molar-refractivity contribution in [1.29, 1.82) is 0 Å². The van der Waals surface area contributed by atoms with Crippen LogP contribution in [0, 0.1) is 5.92 Å². The van der Waals surface area contributed by atoms with E-state index in [0.717, 1.165) is 0 Å². The second kappa shape index (κ2) is 13.8. The highest BCUT2D eigenvalue weighted by Gasteiger charge is 2.53. The number of nitrogens with two attached hydrogens (primary N) is 1. The Balaban J connectivity index is 1.55. The van der Waals surface area contributed by atoms with Gasteiger partial charge in [0.15, 0.2) is 17.8 Å². The molecule has 1 saturated carbocycles. The van der Waals surface area contributed by atoms with Gasteiger partial charge in [0.25, 0.3) is 12.3 Å². The van der Waals surface area contributed by atoms with Gasteiger partial charge in [0, 0.05) is 12.6 Å². The van der Waals surface area contributed by atoms with Gasteiger partial charge in [0.1, 0.15) is 5.56 Å². The van der Waals surface area contributed by atoms with Crippen LogP contribution in [-0.2, 0) is 11.3 Å². The molecule has 258 valence electrons. The van der Waals surface area contributed by atoms with Crippen molar-refractivity contribution in [1.82, 2.24) is 25.6 Å². The van der Waals surface area contributed by atoms with Crippen LogP contribution in [0.4, 0.5) is 46.8 Å². The predicted octanol–water partition coefficient (Wildman–Crippen LogP) is 6.40. The smallest absolute Gasteiger partial charge is 0.415 e. The number of aromatic nitrogens is 3. The lowest BCUT2D eigenvalue weighted by Gasteiger charge is -2.30. The van der Waals surface area contributed by atoms with Gasteiger partial charge in [-0.2, -0.15) is 36.3 Å². The quantitative estimate of drug-likeness (QED) is 0.152. The molecule has 0 spiro atoms. The van der Waals surface area contributed by atoms with Crippen molar-refractivity contribution in [2.24, 2.45) is 11.7 Å². The number of carbonyl (C=O) groups excluding carboxylic acids is 2. The molecule has 0 radical (unpaired) electrons. The van der Waals surface area contributed by atoms with Gasteiger partial charge in [-0.1, -0.05) is 29.3 Å². The minimum absolute atomic E-state index is 0.00655. The maximum Gasteiger partial charge on any atom is 0.415 e. The fraction of sp³-hybridized carbons (Fsp3) is 0.481. The fourth-order valence-electron chi connectivity index (χ4n) is 4.68. The van der Waals surface area contributed by atoms with Crippen LogP contribution in [0.25, 0.3) is 11.2 Å². The van der Waals surface area contributed by atoms with Crippen molar-refractivity contribution in [3.8, 4) is 5.88 Å². The fourth-order valence-corrected chi connectivity index (χ4v) is 5.21. The molecule has 1 atom stereocenters. The van der Waals surface area contributed by atoms with Crippen LogP contribution in [0.5, 0.6) is 5.88 Å². The Morgan fingerprint density at radius 3 is 2.34 bits per heavy atom. The third kappa shape index (κ3) is 8.45. The molecule has 1 fully saturated rings. The van der Waals surface area contributed by atoms with Gasteiger partial charge in [0.05, 0.1) is 27.2 Å². The Morgan fingerprint density at radius 2 is 1.74 bits per heavy atom. The summed E-state index contributed by atoms with van der Waals surface area (Å²) in [6.07, 6.45) is -12.6. The molecule has 20 heteroatoms. The van der Waals surface area contributed by atoms with Gasteiger partial charge in [-0.3, -0.25) is 9.59 Å². The van der Waals surface area contributed by atoms with Crippen molar-refractivity contribution in [3.05, 3.63) is 39.4 Å². The van der Waals surface area contributed by atoms with Crippen LogP contribution >= 0.6 is 23.2 Å². The first-order valence-corrected chi connectivity index (χ1v) is 14.6. The maximum atomic E-state index is 13.1. The molecule has 0 aliphatic heterocycles. The van der Waals surface area contributed by atoms with Gasteiger partial charge >= 0.3 is 12.4 Å². The Labute approximate surface area is 271 Å². The largest absolute Gasteiger partial charge is 0.471 e. The predicted molar refractivity (Wildman–Crippen MR) is 155 cm³/mol. The molecule has 2 aromatic heterocycles. The lowest BCUT2D eigenvalue weighted by atomic mass is 9.85. The SMILES string of the molecule is CC(N)(C(=O)NCc1ccc(Cl)c(Nc2nc3nc(OCC(F)F)c(C(=O)NC4CCC(C(F)(F)F)CC4)cc3[nH]2)c1Cl)C(F)(F)F. The number of anilines is 2. The van der Waals surface area contributed by atoms with Crippen molar-refractivity contribution in [2.45, 2.75) is 69.5 Å². The van der Waals surface area contributed by atoms with Crippen molar-refractivity contribution in [2.75, 3.05) is 11.9 Å². The normalized spacial score (nSPS) is 18.6. The zero-order valence-corrected chi connectivity index (χ0v) is 25.7. The van der Waals surface area contributed by atoms with E-state index in [9.17, 15) is 44.7 Å². The molecule has 1 aromatic carbocycles. The number of benzene rings is 1. The molecule has 10 nitrogen and oxygen atoms in total. The monoisotopic (exact) mass is 719 g/mol. The minimum Gasteiger partial charge on any atom is -0.471 e. The molecular formula is C27H27Cl2F8N7O3. The third-order valence-corrected chi connectivity index (χ3v) is 8.22. The van der Waals surface area contributed by atoms with Gasteiger partial charge in [0.2, 0.25) is 17.7 Å². The Morgan fingerprint density at radius 1 is 1.09 bits per heavy atom. The van der Waals surface area contributed by atoms with Crippen LogP contribution < -0.4 is 26.4 Å². The van der Waals surface area contributed by atoms with Crippen LogP contribution in [0.2, 0.25) is 10.0 Å². The summed E-state index contributed by atoms with van der Waals surface area (Å²) < 4.78 is 109. The zero-order valence-electron chi connectivity index (χ0n) is 24.2. The summed E-state index contributed by atoms with van der Waals surface area (Å²) in [5.41, 5.74) is 1.83. The summed E-state index contributed by atoms with van der Waals surface area (Å²) in [5.74, 6) is -4.38. The number of hydrogen-bond donors (Lipinski definition) is 5. The van der Waals surface area contributed by atoms with E-state index in [2.05, 4.69) is 30.9 Å². The molecule has 2 heterocycles. The number of amides is 2. The Kier molecular flexibility index (Phi) is 10.7. The average Bonchev–Trinajstić information content (AvgIpc) is 3.37. The Hall–Kier alpha value is -3.64. The average molecular weight is 720 g/mol. The number of H-pyrrole nitrogens is 1. The number of hydrogen-bond acceptors (Lipinski definition) is 7. The molecule has 0 saturated heterocycles. The molecule has 1 unspecified atom stereocenters. The van der Waals surface area contributed by atoms with E-state index >= 15 is 0 Å². The number of rotatable bonds is 10. The molecule has 6 N–H and O–H groups in total. The number of ether oxygens (including phenoxy) is 1. The highest BCUT2D eigenvalue weighted by atomic mass is 35.5. The third-order valence-electron chi connectivity index (χ3n) is 7.47. The number of fused-ring (bicyclic) bond motifs is 1.